The van der Waals surface area contributed by atoms with Crippen molar-refractivity contribution in [2.24, 2.45) is 26.8 Å². The maximum Gasteiger partial charge on any atom is 0.305 e. The third-order valence-electron chi connectivity index (χ3n) is 9.19. The number of carbonyl (C=O) groups is 1. The van der Waals surface area contributed by atoms with Crippen LogP contribution in [0.2, 0.25) is 0 Å². The fourth-order valence-corrected chi connectivity index (χ4v) is 6.76. The van der Waals surface area contributed by atoms with E-state index in [1.807, 2.05) is 19.1 Å². The predicted molar refractivity (Wildman–Crippen MR) is 163 cm³/mol. The number of nitrogens with one attached hydrogen (secondary N) is 1. The molecule has 0 aromatic rings. The number of hydrogen-bond donors (Lipinski definition) is 2. The van der Waals surface area contributed by atoms with Crippen LogP contribution in [0.5, 0.6) is 0 Å². The summed E-state index contributed by atoms with van der Waals surface area (Å²) >= 11 is 0. The van der Waals surface area contributed by atoms with Gasteiger partial charge in [-0.15, -0.1) is 0 Å². The van der Waals surface area contributed by atoms with E-state index in [0.717, 1.165) is 85.5 Å². The van der Waals surface area contributed by atoms with E-state index in [2.05, 4.69) is 51.7 Å². The first kappa shape index (κ1) is 26.9. The molecular formula is C34H36N4O3. The second-order valence-electron chi connectivity index (χ2n) is 11.3. The Kier molecular flexibility index (Phi) is 6.56. The summed E-state index contributed by atoms with van der Waals surface area (Å²) in [5.41, 5.74) is 14.3. The number of nitrogens with zero attached hydrogens (tertiary/aromatic N) is 3. The molecule has 6 aliphatic rings. The Morgan fingerprint density at radius 1 is 1.10 bits per heavy atom. The standard InChI is InChI=1S/C34H36N4O3/c1-8-20-16(3)24-13-26-18(5)22(10-11-31(40)41-7)33(37-26)23-12-30(39)32-19(6)27(38-34(23)32)15-29-21(9-2)17(4)25(36-29)14-28(20)35-24/h8,13-15,18,22,37,39H,1,9-12H2,2-7H3/t18-,22-/m0/s1. The SMILES string of the molecule is C=CC1=C(C)C2=NC1=CC1=NC(=CC3=C(C)C4=C(O)CC(=C5NC(=C2)[C@@H](C)[C@@H]5CCC(=O)OC)C4=N3)C(CC)=C1C. The van der Waals surface area contributed by atoms with Gasteiger partial charge in [-0.05, 0) is 74.1 Å². The van der Waals surface area contributed by atoms with Crippen molar-refractivity contribution in [1.82, 2.24) is 5.32 Å². The Morgan fingerprint density at radius 2 is 1.83 bits per heavy atom. The summed E-state index contributed by atoms with van der Waals surface area (Å²) in [4.78, 5) is 27.4. The zero-order valence-corrected chi connectivity index (χ0v) is 24.6. The number of aliphatic hydroxyl groups excluding tert-OH is 1. The summed E-state index contributed by atoms with van der Waals surface area (Å²) in [5.74, 6) is 0.223. The summed E-state index contributed by atoms with van der Waals surface area (Å²) in [7, 11) is 1.42. The lowest BCUT2D eigenvalue weighted by Gasteiger charge is -2.17. The van der Waals surface area contributed by atoms with Crippen LogP contribution in [0, 0.1) is 11.8 Å². The molecule has 7 nitrogen and oxygen atoms in total. The van der Waals surface area contributed by atoms with Crippen LogP contribution < -0.4 is 5.32 Å². The Hall–Kier alpha value is -4.26. The summed E-state index contributed by atoms with van der Waals surface area (Å²) in [5, 5.41) is 14.9. The maximum atomic E-state index is 12.2. The highest BCUT2D eigenvalue weighted by Gasteiger charge is 2.41. The fourth-order valence-electron chi connectivity index (χ4n) is 6.76. The highest BCUT2D eigenvalue weighted by molar-refractivity contribution is 6.21. The summed E-state index contributed by atoms with van der Waals surface area (Å²) < 4.78 is 4.97. The highest BCUT2D eigenvalue weighted by Crippen LogP contribution is 2.46. The average molecular weight is 549 g/mol. The third-order valence-corrected chi connectivity index (χ3v) is 9.19. The van der Waals surface area contributed by atoms with Crippen LogP contribution in [-0.2, 0) is 9.53 Å². The van der Waals surface area contributed by atoms with Crippen LogP contribution in [0.4, 0.5) is 0 Å². The van der Waals surface area contributed by atoms with Gasteiger partial charge < -0.3 is 15.2 Å². The molecule has 0 aromatic carbocycles. The van der Waals surface area contributed by atoms with Gasteiger partial charge in [-0.1, -0.05) is 26.5 Å². The first-order valence-corrected chi connectivity index (χ1v) is 14.3. The molecule has 41 heavy (non-hydrogen) atoms. The average Bonchev–Trinajstić information content (AvgIpc) is 3.70. The van der Waals surface area contributed by atoms with E-state index in [4.69, 9.17) is 19.7 Å². The van der Waals surface area contributed by atoms with E-state index in [9.17, 15) is 9.90 Å². The van der Waals surface area contributed by atoms with Gasteiger partial charge in [-0.25, -0.2) is 15.0 Å². The van der Waals surface area contributed by atoms with Gasteiger partial charge in [0.1, 0.15) is 5.76 Å². The monoisotopic (exact) mass is 548 g/mol. The smallest absolute Gasteiger partial charge is 0.305 e. The molecule has 2 atom stereocenters. The van der Waals surface area contributed by atoms with Crippen molar-refractivity contribution in [3.8, 4) is 0 Å². The zero-order chi connectivity index (χ0) is 29.2. The van der Waals surface area contributed by atoms with Gasteiger partial charge in [0.15, 0.2) is 0 Å². The van der Waals surface area contributed by atoms with E-state index in [1.54, 1.807) is 0 Å². The second-order valence-corrected chi connectivity index (χ2v) is 11.3. The van der Waals surface area contributed by atoms with Crippen molar-refractivity contribution in [2.45, 2.75) is 60.3 Å². The van der Waals surface area contributed by atoms with Crippen molar-refractivity contribution < 1.29 is 14.6 Å². The molecule has 1 saturated heterocycles. The minimum Gasteiger partial charge on any atom is -0.511 e. The number of rotatable bonds is 5. The zero-order valence-electron chi connectivity index (χ0n) is 24.6. The molecule has 0 unspecified atom stereocenters. The molecule has 0 aromatic heterocycles. The quantitative estimate of drug-likeness (QED) is 0.370. The fraction of sp³-hybridized carbons (Fsp3) is 0.353. The topological polar surface area (TPSA) is 95.6 Å². The maximum absolute atomic E-state index is 12.2. The molecule has 1 aliphatic carbocycles. The van der Waals surface area contributed by atoms with Crippen molar-refractivity contribution >= 4 is 23.1 Å². The summed E-state index contributed by atoms with van der Waals surface area (Å²) in [6.45, 7) is 14.6. The lowest BCUT2D eigenvalue weighted by Crippen LogP contribution is -2.16. The van der Waals surface area contributed by atoms with Crippen LogP contribution in [0.1, 0.15) is 60.3 Å². The lowest BCUT2D eigenvalue weighted by molar-refractivity contribution is -0.140. The van der Waals surface area contributed by atoms with Crippen LogP contribution >= 0.6 is 0 Å². The van der Waals surface area contributed by atoms with Crippen LogP contribution in [0.3, 0.4) is 0 Å². The molecule has 0 amide bonds. The lowest BCUT2D eigenvalue weighted by atomic mass is 9.86. The van der Waals surface area contributed by atoms with E-state index in [-0.39, 0.29) is 17.8 Å². The van der Waals surface area contributed by atoms with Crippen LogP contribution in [0.25, 0.3) is 0 Å². The van der Waals surface area contributed by atoms with Gasteiger partial charge >= 0.3 is 5.97 Å². The molecule has 6 rings (SSSR count). The number of methoxy groups -OCH3 is 1. The molecule has 5 aliphatic heterocycles. The second kappa shape index (κ2) is 9.98. The summed E-state index contributed by atoms with van der Waals surface area (Å²) in [6.07, 6.45) is 10.3. The molecule has 0 radical (unpaired) electrons. The van der Waals surface area contributed by atoms with E-state index >= 15 is 0 Å². The largest absolute Gasteiger partial charge is 0.511 e. The van der Waals surface area contributed by atoms with Gasteiger partial charge in [-0.2, -0.15) is 0 Å². The molecule has 8 bridgehead atoms. The number of esters is 1. The van der Waals surface area contributed by atoms with Crippen molar-refractivity contribution in [3.05, 3.63) is 104 Å². The van der Waals surface area contributed by atoms with Crippen LogP contribution in [0.15, 0.2) is 119 Å². The number of carbonyl (C=O) groups excluding carboxylic acids is 1. The van der Waals surface area contributed by atoms with Gasteiger partial charge in [0, 0.05) is 52.8 Å². The van der Waals surface area contributed by atoms with Crippen LogP contribution in [-0.4, -0.2) is 35.3 Å². The van der Waals surface area contributed by atoms with E-state index in [1.165, 1.54) is 12.7 Å². The van der Waals surface area contributed by atoms with E-state index < -0.39 is 0 Å². The minimum absolute atomic E-state index is 0.0302. The summed E-state index contributed by atoms with van der Waals surface area (Å²) in [6, 6.07) is 0. The molecule has 2 N–H and O–H groups in total. The predicted octanol–water partition coefficient (Wildman–Crippen LogP) is 6.80. The molecule has 7 heteroatoms. The first-order chi connectivity index (χ1) is 19.7. The number of hydrogen-bond acceptors (Lipinski definition) is 7. The molecular weight excluding hydrogens is 512 g/mol. The van der Waals surface area contributed by atoms with Gasteiger partial charge in [0.2, 0.25) is 0 Å². The van der Waals surface area contributed by atoms with Gasteiger partial charge in [-0.3, -0.25) is 4.79 Å². The Bertz CT molecular complexity index is 1680. The number of allylic oxidation sites excluding steroid dienone is 12. The molecule has 0 spiro atoms. The molecule has 210 valence electrons. The number of aliphatic imine (C=N–C) groups is 3. The van der Waals surface area contributed by atoms with Gasteiger partial charge in [0.05, 0.1) is 41.3 Å². The van der Waals surface area contributed by atoms with Crippen molar-refractivity contribution in [1.29, 1.82) is 0 Å². The number of fused-ring (bicyclic) bond motifs is 5. The van der Waals surface area contributed by atoms with Crippen molar-refractivity contribution in [3.63, 3.8) is 0 Å². The normalized spacial score (nSPS) is 24.9. The Morgan fingerprint density at radius 3 is 2.54 bits per heavy atom. The Balaban J connectivity index is 1.60. The van der Waals surface area contributed by atoms with Gasteiger partial charge in [0.25, 0.3) is 0 Å². The highest BCUT2D eigenvalue weighted by atomic mass is 16.5. The molecule has 0 saturated carbocycles. The number of ether oxygens (including phenoxy) is 1. The van der Waals surface area contributed by atoms with Crippen molar-refractivity contribution in [2.75, 3.05) is 7.11 Å². The van der Waals surface area contributed by atoms with E-state index in [0.29, 0.717) is 25.0 Å². The third kappa shape index (κ3) is 4.17. The molecule has 5 heterocycles. The molecule has 1 fully saturated rings. The Labute approximate surface area is 241 Å². The number of aliphatic hydroxyl groups is 1. The minimum atomic E-state index is -0.231. The first-order valence-electron chi connectivity index (χ1n) is 14.3.